The normalized spacial score (nSPS) is 18.4. The van der Waals surface area contributed by atoms with Crippen LogP contribution >= 0.6 is 12.4 Å². The second kappa shape index (κ2) is 7.97. The highest BCUT2D eigenvalue weighted by atomic mass is 35.5. The van der Waals surface area contributed by atoms with Crippen molar-refractivity contribution in [2.45, 2.75) is 58.4 Å². The number of nitrogens with one attached hydrogen (secondary N) is 1. The van der Waals surface area contributed by atoms with Gasteiger partial charge in [0.05, 0.1) is 12.2 Å². The lowest BCUT2D eigenvalue weighted by molar-refractivity contribution is -0.124. The maximum Gasteiger partial charge on any atom is 0.221 e. The molecule has 1 aromatic rings. The van der Waals surface area contributed by atoms with E-state index in [1.807, 2.05) is 31.8 Å². The third kappa shape index (κ3) is 4.23. The van der Waals surface area contributed by atoms with Gasteiger partial charge in [0.25, 0.3) is 0 Å². The van der Waals surface area contributed by atoms with Crippen LogP contribution in [0.2, 0.25) is 0 Å². The van der Waals surface area contributed by atoms with Crippen LogP contribution in [-0.4, -0.2) is 22.2 Å². The zero-order valence-corrected chi connectivity index (χ0v) is 14.7. The molecule has 3 N–H and O–H groups in total. The van der Waals surface area contributed by atoms with Crippen molar-refractivity contribution in [2.75, 3.05) is 6.54 Å². The fraction of sp³-hybridized carbons (Fsp3) is 0.750. The fourth-order valence-corrected chi connectivity index (χ4v) is 3.41. The van der Waals surface area contributed by atoms with Crippen LogP contribution in [-0.2, 0) is 11.8 Å². The first kappa shape index (κ1) is 19.0. The zero-order valence-electron chi connectivity index (χ0n) is 13.9. The van der Waals surface area contributed by atoms with Gasteiger partial charge in [0.15, 0.2) is 0 Å². The summed E-state index contributed by atoms with van der Waals surface area (Å²) < 4.78 is 1.83. The van der Waals surface area contributed by atoms with Crippen LogP contribution < -0.4 is 11.1 Å². The molecule has 1 aliphatic rings. The van der Waals surface area contributed by atoms with Gasteiger partial charge in [-0.1, -0.05) is 19.3 Å². The Balaban J connectivity index is 0.00000242. The van der Waals surface area contributed by atoms with E-state index in [1.165, 1.54) is 19.3 Å². The quantitative estimate of drug-likeness (QED) is 0.872. The van der Waals surface area contributed by atoms with Crippen molar-refractivity contribution >= 4 is 18.3 Å². The van der Waals surface area contributed by atoms with E-state index < -0.39 is 0 Å². The highest BCUT2D eigenvalue weighted by molar-refractivity contribution is 5.85. The Morgan fingerprint density at radius 3 is 2.59 bits per heavy atom. The van der Waals surface area contributed by atoms with Crippen LogP contribution in [0.4, 0.5) is 0 Å². The van der Waals surface area contributed by atoms with Gasteiger partial charge in [0.2, 0.25) is 5.91 Å². The Labute approximate surface area is 139 Å². The van der Waals surface area contributed by atoms with Gasteiger partial charge in [-0.25, -0.2) is 0 Å². The van der Waals surface area contributed by atoms with E-state index >= 15 is 0 Å². The minimum Gasteiger partial charge on any atom is -0.349 e. The van der Waals surface area contributed by atoms with Gasteiger partial charge in [0, 0.05) is 24.7 Å². The molecule has 0 saturated heterocycles. The number of aromatic nitrogens is 2. The minimum atomic E-state index is -0.00962. The number of amides is 1. The van der Waals surface area contributed by atoms with Crippen molar-refractivity contribution in [1.82, 2.24) is 15.1 Å². The summed E-state index contributed by atoms with van der Waals surface area (Å²) in [5, 5.41) is 7.34. The molecule has 1 amide bonds. The average molecular weight is 329 g/mol. The van der Waals surface area contributed by atoms with Crippen LogP contribution in [0.5, 0.6) is 0 Å². The lowest BCUT2D eigenvalue weighted by Crippen LogP contribution is -2.39. The maximum atomic E-state index is 12.4. The average Bonchev–Trinajstić information content (AvgIpc) is 2.80. The van der Waals surface area contributed by atoms with Crippen molar-refractivity contribution < 1.29 is 4.79 Å². The Morgan fingerprint density at radius 2 is 2.09 bits per heavy atom. The number of carbonyl (C=O) groups is 1. The topological polar surface area (TPSA) is 72.9 Å². The van der Waals surface area contributed by atoms with E-state index in [4.69, 9.17) is 5.73 Å². The predicted molar refractivity (Wildman–Crippen MR) is 90.9 cm³/mol. The van der Waals surface area contributed by atoms with Crippen LogP contribution in [0.25, 0.3) is 0 Å². The molecular weight excluding hydrogens is 300 g/mol. The van der Waals surface area contributed by atoms with E-state index in [9.17, 15) is 4.79 Å². The number of halogens is 1. The summed E-state index contributed by atoms with van der Waals surface area (Å²) in [5.74, 6) is 0.109. The molecule has 1 fully saturated rings. The second-order valence-electron chi connectivity index (χ2n) is 6.54. The first-order valence-corrected chi connectivity index (χ1v) is 7.95. The van der Waals surface area contributed by atoms with E-state index in [-0.39, 0.29) is 29.8 Å². The standard InChI is InChI=1S/C16H28N4O.ClH/c1-12(14-10-18-20(3)13(14)2)19-15(21)9-16(11-17)7-5-4-6-8-16;/h10,12H,4-9,11,17H2,1-3H3,(H,19,21);1H. The van der Waals surface area contributed by atoms with Crippen LogP contribution in [0, 0.1) is 12.3 Å². The minimum absolute atomic E-state index is 0. The number of hydrogen-bond acceptors (Lipinski definition) is 3. The molecule has 1 unspecified atom stereocenters. The molecule has 0 bridgehead atoms. The highest BCUT2D eigenvalue weighted by Crippen LogP contribution is 2.38. The number of rotatable bonds is 5. The molecule has 0 aromatic carbocycles. The first-order valence-electron chi connectivity index (χ1n) is 7.95. The molecule has 126 valence electrons. The summed E-state index contributed by atoms with van der Waals surface area (Å²) in [7, 11) is 1.92. The van der Waals surface area contributed by atoms with Crippen molar-refractivity contribution in [3.05, 3.63) is 17.5 Å². The Hall–Kier alpha value is -1.07. The molecule has 5 nitrogen and oxygen atoms in total. The van der Waals surface area contributed by atoms with Crippen LogP contribution in [0.3, 0.4) is 0 Å². The summed E-state index contributed by atoms with van der Waals surface area (Å²) >= 11 is 0. The molecule has 0 spiro atoms. The summed E-state index contributed by atoms with van der Waals surface area (Å²) in [4.78, 5) is 12.4. The molecular formula is C16H29ClN4O. The molecule has 2 rings (SSSR count). The maximum absolute atomic E-state index is 12.4. The smallest absolute Gasteiger partial charge is 0.221 e. The van der Waals surface area contributed by atoms with E-state index in [1.54, 1.807) is 0 Å². The summed E-state index contributed by atoms with van der Waals surface area (Å²) in [5.41, 5.74) is 8.15. The van der Waals surface area contributed by atoms with E-state index in [0.717, 1.165) is 24.1 Å². The Morgan fingerprint density at radius 1 is 1.45 bits per heavy atom. The van der Waals surface area contributed by atoms with Crippen LogP contribution in [0.15, 0.2) is 6.20 Å². The lowest BCUT2D eigenvalue weighted by Gasteiger charge is -2.36. The number of nitrogens with two attached hydrogens (primary N) is 1. The number of hydrogen-bond donors (Lipinski definition) is 2. The predicted octanol–water partition coefficient (Wildman–Crippen LogP) is 2.63. The van der Waals surface area contributed by atoms with Gasteiger partial charge in [-0.05, 0) is 38.6 Å². The molecule has 1 aliphatic carbocycles. The molecule has 0 aliphatic heterocycles. The second-order valence-corrected chi connectivity index (χ2v) is 6.54. The Kier molecular flexibility index (Phi) is 6.88. The van der Waals surface area contributed by atoms with Crippen molar-refractivity contribution in [3.63, 3.8) is 0 Å². The molecule has 0 radical (unpaired) electrons. The number of aryl methyl sites for hydroxylation is 1. The molecule has 22 heavy (non-hydrogen) atoms. The van der Waals surface area contributed by atoms with Gasteiger partial charge in [-0.15, -0.1) is 12.4 Å². The van der Waals surface area contributed by atoms with Gasteiger partial charge >= 0.3 is 0 Å². The molecule has 1 heterocycles. The number of nitrogens with zero attached hydrogens (tertiary/aromatic N) is 2. The highest BCUT2D eigenvalue weighted by Gasteiger charge is 2.33. The first-order chi connectivity index (χ1) is 9.97. The van der Waals surface area contributed by atoms with Crippen molar-refractivity contribution in [2.24, 2.45) is 18.2 Å². The van der Waals surface area contributed by atoms with Gasteiger partial charge in [-0.3, -0.25) is 9.48 Å². The monoisotopic (exact) mass is 328 g/mol. The molecule has 1 aromatic heterocycles. The third-order valence-corrected chi connectivity index (χ3v) is 5.00. The van der Waals surface area contributed by atoms with Crippen LogP contribution in [0.1, 0.15) is 62.7 Å². The largest absolute Gasteiger partial charge is 0.349 e. The SMILES string of the molecule is Cc1c(C(C)NC(=O)CC2(CN)CCCCC2)cnn1C.Cl. The summed E-state index contributed by atoms with van der Waals surface area (Å²) in [6, 6.07) is -0.00962. The summed E-state index contributed by atoms with van der Waals surface area (Å²) in [6.45, 7) is 4.64. The van der Waals surface area contributed by atoms with Crippen molar-refractivity contribution in [3.8, 4) is 0 Å². The van der Waals surface area contributed by atoms with Gasteiger partial charge < -0.3 is 11.1 Å². The van der Waals surface area contributed by atoms with E-state index in [0.29, 0.717) is 13.0 Å². The van der Waals surface area contributed by atoms with Gasteiger partial charge in [-0.2, -0.15) is 5.10 Å². The van der Waals surface area contributed by atoms with Crippen molar-refractivity contribution in [1.29, 1.82) is 0 Å². The van der Waals surface area contributed by atoms with E-state index in [2.05, 4.69) is 10.4 Å². The fourth-order valence-electron chi connectivity index (χ4n) is 3.41. The molecule has 1 saturated carbocycles. The third-order valence-electron chi connectivity index (χ3n) is 5.00. The Bertz CT molecular complexity index is 494. The number of carbonyl (C=O) groups excluding carboxylic acids is 1. The zero-order chi connectivity index (χ0) is 15.5. The molecule has 1 atom stereocenters. The summed E-state index contributed by atoms with van der Waals surface area (Å²) in [6.07, 6.45) is 8.21. The lowest BCUT2D eigenvalue weighted by atomic mass is 9.71. The molecule has 6 heteroatoms. The van der Waals surface area contributed by atoms with Gasteiger partial charge in [0.1, 0.15) is 0 Å².